The fourth-order valence-corrected chi connectivity index (χ4v) is 9.91. The Balaban J connectivity index is 1.16. The summed E-state index contributed by atoms with van der Waals surface area (Å²) in [6.07, 6.45) is 0. The van der Waals surface area contributed by atoms with Crippen molar-refractivity contribution >= 4 is 92.4 Å². The molecular weight excluding hydrogens is 727 g/mol. The van der Waals surface area contributed by atoms with Crippen LogP contribution in [0.4, 0.5) is 17.1 Å². The Kier molecular flexibility index (Phi) is 7.40. The summed E-state index contributed by atoms with van der Waals surface area (Å²) in [5, 5.41) is 6.81. The second-order valence-electron chi connectivity index (χ2n) is 14.8. The molecule has 12 rings (SSSR count). The molecule has 0 fully saturated rings. The van der Waals surface area contributed by atoms with Crippen molar-refractivity contribution in [1.82, 2.24) is 0 Å². The normalized spacial score (nSPS) is 11.8. The summed E-state index contributed by atoms with van der Waals surface area (Å²) in [4.78, 5) is 2.41. The molecule has 3 nitrogen and oxygen atoms in total. The first-order chi connectivity index (χ1) is 28.7. The smallest absolute Gasteiger partial charge is 0.145 e. The maximum absolute atomic E-state index is 7.02. The van der Waals surface area contributed by atoms with Crippen molar-refractivity contribution in [2.75, 3.05) is 4.90 Å². The van der Waals surface area contributed by atoms with Crippen molar-refractivity contribution in [2.24, 2.45) is 0 Å². The number of anilines is 3. The Bertz CT molecular complexity index is 3510. The topological polar surface area (TPSA) is 29.5 Å². The largest absolute Gasteiger partial charge is 0.456 e. The zero-order valence-corrected chi connectivity index (χ0v) is 32.0. The second-order valence-corrected chi connectivity index (χ2v) is 15.9. The Morgan fingerprint density at radius 2 is 1.02 bits per heavy atom. The summed E-state index contributed by atoms with van der Waals surface area (Å²) in [5.74, 6) is 0. The van der Waals surface area contributed by atoms with Crippen LogP contribution in [0.3, 0.4) is 0 Å². The molecule has 3 heterocycles. The van der Waals surface area contributed by atoms with E-state index in [2.05, 4.69) is 193 Å². The van der Waals surface area contributed by atoms with E-state index in [4.69, 9.17) is 8.83 Å². The molecule has 4 heteroatoms. The number of hydrogen-bond acceptors (Lipinski definition) is 4. The molecule has 0 aliphatic heterocycles. The molecule has 0 saturated heterocycles. The van der Waals surface area contributed by atoms with Crippen LogP contribution in [0.5, 0.6) is 0 Å². The van der Waals surface area contributed by atoms with Crippen molar-refractivity contribution in [1.29, 1.82) is 0 Å². The van der Waals surface area contributed by atoms with E-state index in [-0.39, 0.29) is 0 Å². The standard InChI is InChI=1S/C54H33NO2S/c1-4-13-34(14-5-1)37-23-26-43-49(31-37)57-54-41(36-17-8-3-9-18-36)27-28-46(53(43)54)55(38-24-29-48-44(32-38)42-19-10-11-21-47(42)56-48)39-25-30-50-45(33-39)52-40(20-12-22-51(52)58-50)35-15-6-2-7-16-35/h1-33H. The number of furan rings is 2. The van der Waals surface area contributed by atoms with Gasteiger partial charge in [-0.15, -0.1) is 11.3 Å². The number of thiophene rings is 1. The van der Waals surface area contributed by atoms with E-state index in [9.17, 15) is 0 Å². The number of rotatable bonds is 6. The highest BCUT2D eigenvalue weighted by molar-refractivity contribution is 7.26. The lowest BCUT2D eigenvalue weighted by Gasteiger charge is -2.27. The molecule has 0 amide bonds. The van der Waals surface area contributed by atoms with Gasteiger partial charge in [0.05, 0.1) is 11.1 Å². The van der Waals surface area contributed by atoms with Crippen molar-refractivity contribution in [3.8, 4) is 33.4 Å². The minimum Gasteiger partial charge on any atom is -0.456 e. The zero-order chi connectivity index (χ0) is 38.2. The zero-order valence-electron chi connectivity index (χ0n) is 31.2. The lowest BCUT2D eigenvalue weighted by molar-refractivity contribution is 0.669. The summed E-state index contributed by atoms with van der Waals surface area (Å²) >= 11 is 1.85. The van der Waals surface area contributed by atoms with Gasteiger partial charge in [-0.3, -0.25) is 0 Å². The highest BCUT2D eigenvalue weighted by Crippen LogP contribution is 2.49. The van der Waals surface area contributed by atoms with Gasteiger partial charge in [0.2, 0.25) is 0 Å². The maximum Gasteiger partial charge on any atom is 0.145 e. The molecule has 58 heavy (non-hydrogen) atoms. The molecule has 9 aromatic carbocycles. The van der Waals surface area contributed by atoms with E-state index in [1.807, 2.05) is 23.5 Å². The number of nitrogens with zero attached hydrogens (tertiary/aromatic N) is 1. The minimum atomic E-state index is 0.851. The summed E-state index contributed by atoms with van der Waals surface area (Å²) in [7, 11) is 0. The molecule has 0 unspecified atom stereocenters. The quantitative estimate of drug-likeness (QED) is 0.169. The van der Waals surface area contributed by atoms with Gasteiger partial charge in [-0.2, -0.15) is 0 Å². The maximum atomic E-state index is 7.02. The van der Waals surface area contributed by atoms with Gasteiger partial charge in [-0.25, -0.2) is 0 Å². The van der Waals surface area contributed by atoms with Crippen LogP contribution in [0.2, 0.25) is 0 Å². The van der Waals surface area contributed by atoms with Gasteiger partial charge in [0.15, 0.2) is 0 Å². The summed E-state index contributed by atoms with van der Waals surface area (Å²) in [6.45, 7) is 0. The molecule has 0 atom stereocenters. The van der Waals surface area contributed by atoms with E-state index in [1.165, 1.54) is 31.3 Å². The van der Waals surface area contributed by atoms with Gasteiger partial charge in [0.25, 0.3) is 0 Å². The van der Waals surface area contributed by atoms with Crippen LogP contribution in [0.15, 0.2) is 209 Å². The molecule has 0 N–H and O–H groups in total. The molecule has 0 aliphatic rings. The van der Waals surface area contributed by atoms with E-state index >= 15 is 0 Å². The van der Waals surface area contributed by atoms with Crippen LogP contribution >= 0.6 is 11.3 Å². The predicted octanol–water partition coefficient (Wildman–Crippen LogP) is 16.3. The average molecular weight is 760 g/mol. The first kappa shape index (κ1) is 32.8. The first-order valence-corrected chi connectivity index (χ1v) is 20.4. The van der Waals surface area contributed by atoms with Gasteiger partial charge < -0.3 is 13.7 Å². The molecule has 0 bridgehead atoms. The summed E-state index contributed by atoms with van der Waals surface area (Å²) < 4.78 is 15.9. The molecule has 0 spiro atoms. The fourth-order valence-electron chi connectivity index (χ4n) is 8.80. The van der Waals surface area contributed by atoms with Crippen LogP contribution in [-0.2, 0) is 0 Å². The number of hydrogen-bond donors (Lipinski definition) is 0. The van der Waals surface area contributed by atoms with Crippen LogP contribution < -0.4 is 4.90 Å². The lowest BCUT2D eigenvalue weighted by atomic mass is 9.98. The Morgan fingerprint density at radius 3 is 1.81 bits per heavy atom. The lowest BCUT2D eigenvalue weighted by Crippen LogP contribution is -2.10. The van der Waals surface area contributed by atoms with Crippen LogP contribution in [0.1, 0.15) is 0 Å². The van der Waals surface area contributed by atoms with Gasteiger partial charge in [-0.1, -0.05) is 127 Å². The van der Waals surface area contributed by atoms with Gasteiger partial charge >= 0.3 is 0 Å². The van der Waals surface area contributed by atoms with E-state index < -0.39 is 0 Å². The Hall–Kier alpha value is -7.40. The summed E-state index contributed by atoms with van der Waals surface area (Å²) in [5.41, 5.74) is 13.5. The van der Waals surface area contributed by atoms with Gasteiger partial charge in [-0.05, 0) is 101 Å². The third-order valence-electron chi connectivity index (χ3n) is 11.5. The van der Waals surface area contributed by atoms with E-state index in [1.54, 1.807) is 0 Å². The monoisotopic (exact) mass is 759 g/mol. The average Bonchev–Trinajstić information content (AvgIpc) is 3.98. The molecular formula is C54H33NO2S. The van der Waals surface area contributed by atoms with Crippen molar-refractivity contribution < 1.29 is 8.83 Å². The third kappa shape index (κ3) is 5.19. The van der Waals surface area contributed by atoms with Gasteiger partial charge in [0.1, 0.15) is 22.3 Å². The number of fused-ring (bicyclic) bond motifs is 9. The van der Waals surface area contributed by atoms with Crippen LogP contribution in [-0.4, -0.2) is 0 Å². The predicted molar refractivity (Wildman–Crippen MR) is 245 cm³/mol. The summed E-state index contributed by atoms with van der Waals surface area (Å²) in [6, 6.07) is 71.4. The van der Waals surface area contributed by atoms with Crippen LogP contribution in [0.25, 0.3) is 97.4 Å². The molecule has 0 saturated carbocycles. The molecule has 0 radical (unpaired) electrons. The second kappa shape index (κ2) is 13.1. The molecule has 12 aromatic rings. The van der Waals surface area contributed by atoms with E-state index in [0.717, 1.165) is 83.2 Å². The SMILES string of the molecule is c1ccc(-c2ccc3c(c2)oc2c(-c4ccccc4)ccc(N(c4ccc5oc6ccccc6c5c4)c4ccc5sc6cccc(-c7ccccc7)c6c5c4)c23)cc1. The highest BCUT2D eigenvalue weighted by Gasteiger charge is 2.24. The van der Waals surface area contributed by atoms with E-state index in [0.29, 0.717) is 0 Å². The molecule has 272 valence electrons. The minimum absolute atomic E-state index is 0.851. The Labute approximate surface area is 338 Å². The number of para-hydroxylation sites is 1. The Morgan fingerprint density at radius 1 is 0.345 bits per heavy atom. The highest BCUT2D eigenvalue weighted by atomic mass is 32.1. The molecule has 3 aromatic heterocycles. The third-order valence-corrected chi connectivity index (χ3v) is 12.6. The van der Waals surface area contributed by atoms with Crippen molar-refractivity contribution in [3.63, 3.8) is 0 Å². The fraction of sp³-hybridized carbons (Fsp3) is 0. The van der Waals surface area contributed by atoms with Gasteiger partial charge in [0, 0.05) is 53.3 Å². The van der Waals surface area contributed by atoms with Crippen molar-refractivity contribution in [2.45, 2.75) is 0 Å². The van der Waals surface area contributed by atoms with Crippen molar-refractivity contribution in [3.05, 3.63) is 200 Å². The van der Waals surface area contributed by atoms with Crippen LogP contribution in [0, 0.1) is 0 Å². The first-order valence-electron chi connectivity index (χ1n) is 19.6. The number of benzene rings is 9. The molecule has 0 aliphatic carbocycles.